The lowest BCUT2D eigenvalue weighted by molar-refractivity contribution is -0.122. The minimum absolute atomic E-state index is 0.0685. The van der Waals surface area contributed by atoms with E-state index in [4.69, 9.17) is 0 Å². The molecule has 0 bridgehead atoms. The van der Waals surface area contributed by atoms with Gasteiger partial charge in [-0.05, 0) is 19.8 Å². The lowest BCUT2D eigenvalue weighted by Crippen LogP contribution is -2.47. The Morgan fingerprint density at radius 1 is 1.45 bits per heavy atom. The molecule has 2 atom stereocenters. The number of rotatable bonds is 6. The third-order valence-corrected chi connectivity index (χ3v) is 6.51. The minimum Gasteiger partial charge on any atom is -0.351 e. The second kappa shape index (κ2) is 6.40. The first kappa shape index (κ1) is 17.4. The molecule has 0 radical (unpaired) electrons. The molecule has 1 aliphatic rings. The molecule has 0 spiro atoms. The average molecular weight is 326 g/mol. The normalized spacial score (nSPS) is 23.7. The molecule has 0 saturated carbocycles. The van der Waals surface area contributed by atoms with Crippen LogP contribution in [0.25, 0.3) is 0 Å². The van der Waals surface area contributed by atoms with E-state index in [2.05, 4.69) is 5.32 Å². The van der Waals surface area contributed by atoms with E-state index in [1.54, 1.807) is 6.92 Å². The third kappa shape index (κ3) is 5.02. The van der Waals surface area contributed by atoms with E-state index in [1.807, 2.05) is 6.92 Å². The highest BCUT2D eigenvalue weighted by molar-refractivity contribution is 7.91. The van der Waals surface area contributed by atoms with Gasteiger partial charge in [-0.3, -0.25) is 4.79 Å². The second-order valence-electron chi connectivity index (χ2n) is 5.23. The molecule has 0 aromatic rings. The van der Waals surface area contributed by atoms with Crippen LogP contribution in [0, 0.1) is 0 Å². The van der Waals surface area contributed by atoms with E-state index in [9.17, 15) is 21.6 Å². The Bertz CT molecular complexity index is 555. The van der Waals surface area contributed by atoms with Crippen molar-refractivity contribution in [3.05, 3.63) is 0 Å². The molecule has 118 valence electrons. The molecule has 0 aromatic carbocycles. The van der Waals surface area contributed by atoms with Gasteiger partial charge in [-0.25, -0.2) is 16.8 Å². The number of hydrogen-bond acceptors (Lipinski definition) is 5. The molecule has 1 N–H and O–H groups in total. The Kier molecular flexibility index (Phi) is 5.56. The summed E-state index contributed by atoms with van der Waals surface area (Å²) in [5.41, 5.74) is 0. The molecule has 1 rings (SSSR count). The fraction of sp³-hybridized carbons (Fsp3) is 0.909. The minimum atomic E-state index is -3.47. The molecule has 1 aliphatic heterocycles. The van der Waals surface area contributed by atoms with E-state index < -0.39 is 31.8 Å². The number of sulfonamides is 1. The molecular weight excluding hydrogens is 304 g/mol. The summed E-state index contributed by atoms with van der Waals surface area (Å²) in [6.45, 7) is 3.29. The predicted octanol–water partition coefficient (Wildman–Crippen LogP) is -0.650. The average Bonchev–Trinajstić information content (AvgIpc) is 2.63. The predicted molar refractivity (Wildman–Crippen MR) is 76.5 cm³/mol. The zero-order chi connectivity index (χ0) is 15.6. The molecule has 1 heterocycles. The van der Waals surface area contributed by atoms with Crippen molar-refractivity contribution in [1.82, 2.24) is 9.62 Å². The Morgan fingerprint density at radius 2 is 2.05 bits per heavy atom. The summed E-state index contributed by atoms with van der Waals surface area (Å²) in [6, 6.07) is -0.686. The van der Waals surface area contributed by atoms with Crippen molar-refractivity contribution < 1.29 is 21.6 Å². The highest BCUT2D eigenvalue weighted by atomic mass is 32.2. The van der Waals surface area contributed by atoms with Crippen LogP contribution in [0.1, 0.15) is 26.7 Å². The first-order valence-corrected chi connectivity index (χ1v) is 10.2. The molecule has 0 aliphatic carbocycles. The second-order valence-corrected chi connectivity index (χ2v) is 9.40. The van der Waals surface area contributed by atoms with Gasteiger partial charge in [0, 0.05) is 12.1 Å². The van der Waals surface area contributed by atoms with Crippen molar-refractivity contribution in [1.29, 1.82) is 0 Å². The Labute approximate surface area is 120 Å². The topological polar surface area (TPSA) is 101 Å². The van der Waals surface area contributed by atoms with Gasteiger partial charge in [-0.2, -0.15) is 4.31 Å². The summed E-state index contributed by atoms with van der Waals surface area (Å²) in [7, 11) is -6.54. The van der Waals surface area contributed by atoms with Gasteiger partial charge >= 0.3 is 0 Å². The fourth-order valence-corrected chi connectivity index (χ4v) is 4.96. The first-order chi connectivity index (χ1) is 9.05. The Morgan fingerprint density at radius 3 is 2.45 bits per heavy atom. The summed E-state index contributed by atoms with van der Waals surface area (Å²) >= 11 is 0. The SMILES string of the molecule is CCC(C)N(CC(=O)NC1CCS(=O)(=O)C1)S(C)(=O)=O. The number of amides is 1. The maximum absolute atomic E-state index is 11.9. The van der Waals surface area contributed by atoms with E-state index in [0.717, 1.165) is 10.6 Å². The highest BCUT2D eigenvalue weighted by Crippen LogP contribution is 2.12. The number of nitrogens with zero attached hydrogens (tertiary/aromatic N) is 1. The number of sulfone groups is 1. The van der Waals surface area contributed by atoms with Gasteiger partial charge in [0.05, 0.1) is 24.3 Å². The smallest absolute Gasteiger partial charge is 0.235 e. The molecule has 0 aromatic heterocycles. The number of carbonyl (C=O) groups excluding carboxylic acids is 1. The Balaban J connectivity index is 2.64. The van der Waals surface area contributed by atoms with Crippen molar-refractivity contribution in [2.75, 3.05) is 24.3 Å². The number of carbonyl (C=O) groups is 1. The van der Waals surface area contributed by atoms with Crippen LogP contribution in [0.4, 0.5) is 0 Å². The molecular formula is C11H22N2O5S2. The first-order valence-electron chi connectivity index (χ1n) is 6.51. The van der Waals surface area contributed by atoms with Gasteiger partial charge < -0.3 is 5.32 Å². The van der Waals surface area contributed by atoms with Gasteiger partial charge in [0.2, 0.25) is 15.9 Å². The van der Waals surface area contributed by atoms with Crippen LogP contribution in [0.2, 0.25) is 0 Å². The molecule has 7 nitrogen and oxygen atoms in total. The molecule has 20 heavy (non-hydrogen) atoms. The highest BCUT2D eigenvalue weighted by Gasteiger charge is 2.30. The van der Waals surface area contributed by atoms with E-state index in [1.165, 1.54) is 0 Å². The standard InChI is InChI=1S/C11H22N2O5S2/c1-4-9(2)13(19(3,15)16)7-11(14)12-10-5-6-20(17,18)8-10/h9-10H,4-8H2,1-3H3,(H,12,14). The van der Waals surface area contributed by atoms with Gasteiger partial charge in [0.25, 0.3) is 0 Å². The van der Waals surface area contributed by atoms with E-state index in [0.29, 0.717) is 12.8 Å². The van der Waals surface area contributed by atoms with Gasteiger partial charge in [0.15, 0.2) is 9.84 Å². The summed E-state index contributed by atoms with van der Waals surface area (Å²) in [5, 5.41) is 2.59. The lowest BCUT2D eigenvalue weighted by atomic mass is 10.2. The van der Waals surface area contributed by atoms with Crippen molar-refractivity contribution in [3.63, 3.8) is 0 Å². The Hall–Kier alpha value is -0.670. The maximum atomic E-state index is 11.9. The number of hydrogen-bond donors (Lipinski definition) is 1. The van der Waals surface area contributed by atoms with Crippen LogP contribution >= 0.6 is 0 Å². The zero-order valence-corrected chi connectivity index (χ0v) is 13.6. The van der Waals surface area contributed by atoms with Crippen LogP contribution in [0.15, 0.2) is 0 Å². The van der Waals surface area contributed by atoms with Crippen molar-refractivity contribution in [3.8, 4) is 0 Å². The zero-order valence-electron chi connectivity index (χ0n) is 12.0. The van der Waals surface area contributed by atoms with Crippen LogP contribution in [0.3, 0.4) is 0 Å². The third-order valence-electron chi connectivity index (χ3n) is 3.41. The molecule has 1 fully saturated rings. The monoisotopic (exact) mass is 326 g/mol. The molecule has 1 saturated heterocycles. The van der Waals surface area contributed by atoms with Crippen LogP contribution in [-0.4, -0.2) is 63.4 Å². The van der Waals surface area contributed by atoms with Gasteiger partial charge in [-0.1, -0.05) is 6.92 Å². The summed E-state index contributed by atoms with van der Waals surface area (Å²) in [5.74, 6) is -0.460. The van der Waals surface area contributed by atoms with Gasteiger partial charge in [0.1, 0.15) is 0 Å². The van der Waals surface area contributed by atoms with E-state index >= 15 is 0 Å². The fourth-order valence-electron chi connectivity index (χ4n) is 2.13. The van der Waals surface area contributed by atoms with Gasteiger partial charge in [-0.15, -0.1) is 0 Å². The number of nitrogens with one attached hydrogen (secondary N) is 1. The lowest BCUT2D eigenvalue weighted by Gasteiger charge is -2.25. The summed E-state index contributed by atoms with van der Waals surface area (Å²) in [4.78, 5) is 11.9. The van der Waals surface area contributed by atoms with Crippen molar-refractivity contribution in [2.45, 2.75) is 38.8 Å². The maximum Gasteiger partial charge on any atom is 0.235 e. The van der Waals surface area contributed by atoms with E-state index in [-0.39, 0.29) is 24.1 Å². The molecule has 2 unspecified atom stereocenters. The van der Waals surface area contributed by atoms with Crippen LogP contribution in [-0.2, 0) is 24.7 Å². The summed E-state index contributed by atoms with van der Waals surface area (Å²) < 4.78 is 47.0. The van der Waals surface area contributed by atoms with Crippen LogP contribution < -0.4 is 5.32 Å². The summed E-state index contributed by atoms with van der Waals surface area (Å²) in [6.07, 6.45) is 2.04. The van der Waals surface area contributed by atoms with Crippen LogP contribution in [0.5, 0.6) is 0 Å². The van der Waals surface area contributed by atoms with Crippen molar-refractivity contribution >= 4 is 25.8 Å². The largest absolute Gasteiger partial charge is 0.351 e. The molecule has 1 amide bonds. The molecule has 9 heteroatoms. The van der Waals surface area contributed by atoms with Crippen molar-refractivity contribution in [2.24, 2.45) is 0 Å². The quantitative estimate of drug-likeness (QED) is 0.699.